The van der Waals surface area contributed by atoms with Crippen molar-refractivity contribution >= 4 is 104 Å². The number of benzene rings is 9. The van der Waals surface area contributed by atoms with Gasteiger partial charge in [-0.05, 0) is 110 Å². The zero-order chi connectivity index (χ0) is 36.0. The summed E-state index contributed by atoms with van der Waals surface area (Å²) in [5.74, 6) is 0. The van der Waals surface area contributed by atoms with Crippen molar-refractivity contribution in [3.05, 3.63) is 182 Å². The SMILES string of the molecule is c1ccc(-c2ccc3c(c2)c(N(c2ccc4c(c2)oc2ccccc24)c2ccc4ccc5cc6oc7ccccc7c6cc5c4c2)cc2ccccc23)nc1. The quantitative estimate of drug-likeness (QED) is 0.171. The molecule has 0 atom stereocenters. The minimum atomic E-state index is 0.850. The van der Waals surface area contributed by atoms with E-state index in [0.29, 0.717) is 0 Å². The summed E-state index contributed by atoms with van der Waals surface area (Å²) in [6.07, 6.45) is 1.86. The molecule has 256 valence electrons. The van der Waals surface area contributed by atoms with Crippen molar-refractivity contribution in [3.8, 4) is 11.3 Å². The summed E-state index contributed by atoms with van der Waals surface area (Å²) < 4.78 is 12.8. The molecule has 3 heterocycles. The first kappa shape index (κ1) is 30.1. The van der Waals surface area contributed by atoms with Gasteiger partial charge in [-0.2, -0.15) is 0 Å². The average Bonchev–Trinajstić information content (AvgIpc) is 3.80. The van der Waals surface area contributed by atoms with Crippen LogP contribution in [0.4, 0.5) is 17.1 Å². The van der Waals surface area contributed by atoms with E-state index < -0.39 is 0 Å². The van der Waals surface area contributed by atoms with Crippen LogP contribution in [0.15, 0.2) is 191 Å². The molecule has 0 aliphatic heterocycles. The van der Waals surface area contributed by atoms with Crippen molar-refractivity contribution in [2.75, 3.05) is 4.90 Å². The van der Waals surface area contributed by atoms with Gasteiger partial charge in [0.25, 0.3) is 0 Å². The molecule has 55 heavy (non-hydrogen) atoms. The van der Waals surface area contributed by atoms with Crippen molar-refractivity contribution < 1.29 is 8.83 Å². The lowest BCUT2D eigenvalue weighted by atomic mass is 9.95. The molecule has 0 saturated carbocycles. The highest BCUT2D eigenvalue weighted by molar-refractivity contribution is 6.19. The van der Waals surface area contributed by atoms with Crippen LogP contribution in [-0.4, -0.2) is 4.98 Å². The van der Waals surface area contributed by atoms with E-state index in [9.17, 15) is 0 Å². The van der Waals surface area contributed by atoms with Crippen LogP contribution in [0.2, 0.25) is 0 Å². The highest BCUT2D eigenvalue weighted by atomic mass is 16.3. The number of pyridine rings is 1. The number of hydrogen-bond donors (Lipinski definition) is 0. The smallest absolute Gasteiger partial charge is 0.137 e. The zero-order valence-corrected chi connectivity index (χ0v) is 29.5. The van der Waals surface area contributed by atoms with E-state index in [1.165, 1.54) is 32.3 Å². The summed E-state index contributed by atoms with van der Waals surface area (Å²) >= 11 is 0. The average molecular weight is 703 g/mol. The summed E-state index contributed by atoms with van der Waals surface area (Å²) in [5, 5.41) is 13.8. The molecule has 3 aromatic heterocycles. The second-order valence-electron chi connectivity index (χ2n) is 14.3. The Labute approximate surface area is 315 Å². The van der Waals surface area contributed by atoms with E-state index in [2.05, 4.69) is 144 Å². The Morgan fingerprint density at radius 2 is 0.964 bits per heavy atom. The van der Waals surface area contributed by atoms with Crippen molar-refractivity contribution in [2.45, 2.75) is 0 Å². The lowest BCUT2D eigenvalue weighted by Gasteiger charge is -2.28. The third kappa shape index (κ3) is 4.62. The topological polar surface area (TPSA) is 42.4 Å². The predicted octanol–water partition coefficient (Wildman–Crippen LogP) is 14.6. The molecule has 0 amide bonds. The molecule has 0 spiro atoms. The van der Waals surface area contributed by atoms with Crippen LogP contribution in [-0.2, 0) is 0 Å². The molecule has 0 N–H and O–H groups in total. The van der Waals surface area contributed by atoms with Gasteiger partial charge in [-0.1, -0.05) is 97.1 Å². The van der Waals surface area contributed by atoms with E-state index in [4.69, 9.17) is 13.8 Å². The zero-order valence-electron chi connectivity index (χ0n) is 29.5. The van der Waals surface area contributed by atoms with Crippen LogP contribution in [0, 0.1) is 0 Å². The Bertz CT molecular complexity index is 3510. The highest BCUT2D eigenvalue weighted by Crippen LogP contribution is 2.46. The Hall–Kier alpha value is -7.43. The third-order valence-electron chi connectivity index (χ3n) is 11.2. The predicted molar refractivity (Wildman–Crippen MR) is 229 cm³/mol. The highest BCUT2D eigenvalue weighted by Gasteiger charge is 2.21. The second-order valence-corrected chi connectivity index (χ2v) is 14.3. The number of rotatable bonds is 4. The summed E-state index contributed by atoms with van der Waals surface area (Å²) in [5.41, 5.74) is 8.67. The maximum absolute atomic E-state index is 6.50. The van der Waals surface area contributed by atoms with E-state index in [-0.39, 0.29) is 0 Å². The van der Waals surface area contributed by atoms with Gasteiger partial charge in [0.15, 0.2) is 0 Å². The van der Waals surface area contributed by atoms with E-state index in [1.54, 1.807) is 0 Å². The molecule has 4 heteroatoms. The molecule has 0 unspecified atom stereocenters. The summed E-state index contributed by atoms with van der Waals surface area (Å²) in [7, 11) is 0. The van der Waals surface area contributed by atoms with Gasteiger partial charge in [-0.15, -0.1) is 0 Å². The van der Waals surface area contributed by atoms with Gasteiger partial charge in [0.05, 0.1) is 11.4 Å². The Morgan fingerprint density at radius 1 is 0.345 bits per heavy atom. The minimum Gasteiger partial charge on any atom is -0.456 e. The van der Waals surface area contributed by atoms with Crippen LogP contribution >= 0.6 is 0 Å². The number of para-hydroxylation sites is 2. The van der Waals surface area contributed by atoms with Gasteiger partial charge in [0, 0.05) is 56.1 Å². The summed E-state index contributed by atoms with van der Waals surface area (Å²) in [6.45, 7) is 0. The van der Waals surface area contributed by atoms with Gasteiger partial charge < -0.3 is 13.7 Å². The molecule has 0 bridgehead atoms. The van der Waals surface area contributed by atoms with Crippen molar-refractivity contribution in [3.63, 3.8) is 0 Å². The molecule has 0 aliphatic rings. The van der Waals surface area contributed by atoms with Crippen LogP contribution < -0.4 is 4.90 Å². The van der Waals surface area contributed by atoms with Crippen molar-refractivity contribution in [1.29, 1.82) is 0 Å². The minimum absolute atomic E-state index is 0.850. The Kier molecular flexibility index (Phi) is 6.31. The lowest BCUT2D eigenvalue weighted by molar-refractivity contribution is 0.669. The van der Waals surface area contributed by atoms with Gasteiger partial charge in [-0.3, -0.25) is 4.98 Å². The largest absolute Gasteiger partial charge is 0.456 e. The molecule has 0 aliphatic carbocycles. The molecule has 12 rings (SSSR count). The monoisotopic (exact) mass is 702 g/mol. The fourth-order valence-corrected chi connectivity index (χ4v) is 8.64. The summed E-state index contributed by atoms with van der Waals surface area (Å²) in [4.78, 5) is 7.13. The maximum Gasteiger partial charge on any atom is 0.137 e. The molecule has 12 aromatic rings. The van der Waals surface area contributed by atoms with Gasteiger partial charge in [-0.25, -0.2) is 0 Å². The number of aromatic nitrogens is 1. The molecule has 0 saturated heterocycles. The van der Waals surface area contributed by atoms with Gasteiger partial charge >= 0.3 is 0 Å². The Morgan fingerprint density at radius 3 is 1.80 bits per heavy atom. The Balaban J connectivity index is 1.17. The number of hydrogen-bond acceptors (Lipinski definition) is 4. The fraction of sp³-hybridized carbons (Fsp3) is 0. The summed E-state index contributed by atoms with van der Waals surface area (Å²) in [6, 6.07) is 62.7. The van der Waals surface area contributed by atoms with E-state index >= 15 is 0 Å². The fourth-order valence-electron chi connectivity index (χ4n) is 8.64. The number of anilines is 3. The molecule has 0 radical (unpaired) electrons. The van der Waals surface area contributed by atoms with Gasteiger partial charge in [0.2, 0.25) is 0 Å². The van der Waals surface area contributed by atoms with Crippen LogP contribution in [0.25, 0.3) is 98.2 Å². The normalized spacial score (nSPS) is 12.0. The molecular formula is C51H30N2O2. The molecular weight excluding hydrogens is 673 g/mol. The number of fused-ring (bicyclic) bond motifs is 12. The molecule has 0 fully saturated rings. The first-order valence-corrected chi connectivity index (χ1v) is 18.6. The van der Waals surface area contributed by atoms with E-state index in [0.717, 1.165) is 83.0 Å². The number of furan rings is 2. The van der Waals surface area contributed by atoms with Crippen LogP contribution in [0.1, 0.15) is 0 Å². The first-order valence-electron chi connectivity index (χ1n) is 18.6. The van der Waals surface area contributed by atoms with Crippen LogP contribution in [0.5, 0.6) is 0 Å². The van der Waals surface area contributed by atoms with Crippen LogP contribution in [0.3, 0.4) is 0 Å². The molecule has 9 aromatic carbocycles. The van der Waals surface area contributed by atoms with Crippen molar-refractivity contribution in [1.82, 2.24) is 4.98 Å². The second kappa shape index (κ2) is 11.5. The number of nitrogens with zero attached hydrogens (tertiary/aromatic N) is 2. The maximum atomic E-state index is 6.50. The van der Waals surface area contributed by atoms with E-state index in [1.807, 2.05) is 42.6 Å². The van der Waals surface area contributed by atoms with Crippen molar-refractivity contribution in [2.24, 2.45) is 0 Å². The lowest BCUT2D eigenvalue weighted by Crippen LogP contribution is -2.11. The standard InChI is InChI=1S/C51H30N2O2/c1-2-10-37-32(9-1)26-47(44-25-34(19-22-38(37)44)46-13-7-8-24-52-46)53(36-21-23-41-39-11-3-5-14-48(39)55-51(41)29-36)35-20-18-31-16-17-33-27-50-45(30-43(33)42(31)28-35)40-12-4-6-15-49(40)54-50/h1-30H. The third-order valence-corrected chi connectivity index (χ3v) is 11.2. The molecule has 4 nitrogen and oxygen atoms in total. The van der Waals surface area contributed by atoms with Gasteiger partial charge in [0.1, 0.15) is 22.3 Å². The first-order chi connectivity index (χ1) is 27.2.